The van der Waals surface area contributed by atoms with E-state index in [0.717, 1.165) is 18.2 Å². The van der Waals surface area contributed by atoms with Crippen molar-refractivity contribution < 1.29 is 22.8 Å². The van der Waals surface area contributed by atoms with Crippen LogP contribution in [-0.4, -0.2) is 31.1 Å². The minimum atomic E-state index is -4.16. The smallest absolute Gasteiger partial charge is 0.324 e. The Bertz CT molecular complexity index is 628. The number of hydrogen-bond acceptors (Lipinski definition) is 5. The van der Waals surface area contributed by atoms with Crippen LogP contribution in [0.1, 0.15) is 12.8 Å². The van der Waals surface area contributed by atoms with Crippen molar-refractivity contribution >= 4 is 15.7 Å². The summed E-state index contributed by atoms with van der Waals surface area (Å²) in [5, 5.41) is 19.9. The summed E-state index contributed by atoms with van der Waals surface area (Å²) in [5.74, 6) is -1.20. The van der Waals surface area contributed by atoms with Gasteiger partial charge in [0.25, 0.3) is 0 Å². The van der Waals surface area contributed by atoms with E-state index < -0.39 is 37.5 Å². The monoisotopic (exact) mass is 304 g/mol. The van der Waals surface area contributed by atoms with Crippen LogP contribution in [0.25, 0.3) is 0 Å². The molecular formula is C11H13FN2O5S. The van der Waals surface area contributed by atoms with Crippen molar-refractivity contribution in [1.29, 1.82) is 0 Å². The number of para-hydroxylation sites is 1. The molecule has 0 amide bonds. The zero-order valence-corrected chi connectivity index (χ0v) is 11.1. The first kappa shape index (κ1) is 14.8. The summed E-state index contributed by atoms with van der Waals surface area (Å²) in [5.41, 5.74) is -1.06. The van der Waals surface area contributed by atoms with Gasteiger partial charge < -0.3 is 5.11 Å². The molecule has 0 spiro atoms. The molecule has 0 aliphatic heterocycles. The highest BCUT2D eigenvalue weighted by molar-refractivity contribution is 7.89. The van der Waals surface area contributed by atoms with Gasteiger partial charge in [-0.2, -0.15) is 4.39 Å². The van der Waals surface area contributed by atoms with Gasteiger partial charge in [0.05, 0.1) is 11.0 Å². The molecule has 7 nitrogen and oxygen atoms in total. The summed E-state index contributed by atoms with van der Waals surface area (Å²) in [6, 6.07) is 2.92. The van der Waals surface area contributed by atoms with E-state index in [9.17, 15) is 22.9 Å². The van der Waals surface area contributed by atoms with E-state index in [4.69, 9.17) is 5.11 Å². The van der Waals surface area contributed by atoms with E-state index in [0.29, 0.717) is 12.8 Å². The molecule has 0 saturated heterocycles. The molecule has 2 N–H and O–H groups in total. The Labute approximate surface area is 114 Å². The third-order valence-corrected chi connectivity index (χ3v) is 4.65. The number of nitro groups is 1. The summed E-state index contributed by atoms with van der Waals surface area (Å²) in [7, 11) is -4.16. The van der Waals surface area contributed by atoms with E-state index in [2.05, 4.69) is 4.72 Å². The number of nitrogens with zero attached hydrogens (tertiary/aromatic N) is 1. The fourth-order valence-electron chi connectivity index (χ4n) is 2.06. The lowest BCUT2D eigenvalue weighted by Crippen LogP contribution is -2.38. The number of rotatable bonds is 5. The first-order valence-corrected chi connectivity index (χ1v) is 7.40. The van der Waals surface area contributed by atoms with Gasteiger partial charge in [-0.3, -0.25) is 10.1 Å². The molecule has 0 atom stereocenters. The van der Waals surface area contributed by atoms with Gasteiger partial charge in [-0.1, -0.05) is 6.07 Å². The maximum absolute atomic E-state index is 13.4. The fraction of sp³-hybridized carbons (Fsp3) is 0.455. The quantitative estimate of drug-likeness (QED) is 0.617. The Kier molecular flexibility index (Phi) is 4.02. The molecule has 20 heavy (non-hydrogen) atoms. The number of sulfonamides is 1. The summed E-state index contributed by atoms with van der Waals surface area (Å²) >= 11 is 0. The second kappa shape index (κ2) is 5.43. The van der Waals surface area contributed by atoms with Crippen molar-refractivity contribution in [3.8, 4) is 0 Å². The van der Waals surface area contributed by atoms with Crippen molar-refractivity contribution in [2.24, 2.45) is 5.92 Å². The molecule has 0 heterocycles. The second-order valence-corrected chi connectivity index (χ2v) is 6.42. The average Bonchev–Trinajstić information content (AvgIpc) is 2.32. The maximum atomic E-state index is 13.4. The molecule has 1 aliphatic rings. The summed E-state index contributed by atoms with van der Waals surface area (Å²) in [4.78, 5) is 9.03. The van der Waals surface area contributed by atoms with Crippen molar-refractivity contribution in [2.75, 3.05) is 6.54 Å². The summed E-state index contributed by atoms with van der Waals surface area (Å²) < 4.78 is 39.6. The zero-order valence-electron chi connectivity index (χ0n) is 10.3. The Balaban J connectivity index is 2.21. The number of nitrogens with one attached hydrogen (secondary N) is 1. The minimum absolute atomic E-state index is 0.00705. The number of benzene rings is 1. The standard InChI is InChI=1S/C11H13FN2O5S/c12-9-2-1-3-10(11(9)14(16)17)20(18,19)13-6-7-4-8(15)5-7/h1-3,7-8,13,15H,4-6H2. The number of halogens is 1. The predicted octanol–water partition coefficient (Wildman–Crippen LogP) is 0.783. The van der Waals surface area contributed by atoms with Crippen LogP contribution in [0.2, 0.25) is 0 Å². The molecule has 1 saturated carbocycles. The highest BCUT2D eigenvalue weighted by Crippen LogP contribution is 2.29. The van der Waals surface area contributed by atoms with Crippen LogP contribution in [0, 0.1) is 21.8 Å². The van der Waals surface area contributed by atoms with E-state index in [-0.39, 0.29) is 12.5 Å². The highest BCUT2D eigenvalue weighted by atomic mass is 32.2. The molecule has 2 rings (SSSR count). The Morgan fingerprint density at radius 1 is 1.45 bits per heavy atom. The van der Waals surface area contributed by atoms with Gasteiger partial charge in [-0.05, 0) is 30.9 Å². The molecule has 1 aromatic carbocycles. The Morgan fingerprint density at radius 3 is 2.65 bits per heavy atom. The molecule has 110 valence electrons. The van der Waals surface area contributed by atoms with Gasteiger partial charge in [0, 0.05) is 6.54 Å². The molecule has 0 unspecified atom stereocenters. The van der Waals surface area contributed by atoms with Gasteiger partial charge in [0.2, 0.25) is 15.8 Å². The molecule has 1 fully saturated rings. The van der Waals surface area contributed by atoms with Crippen LogP contribution in [0.5, 0.6) is 0 Å². The average molecular weight is 304 g/mol. The lowest BCUT2D eigenvalue weighted by molar-refractivity contribution is -0.390. The minimum Gasteiger partial charge on any atom is -0.393 e. The summed E-state index contributed by atoms with van der Waals surface area (Å²) in [6.07, 6.45) is 0.537. The van der Waals surface area contributed by atoms with Gasteiger partial charge in [-0.25, -0.2) is 13.1 Å². The third-order valence-electron chi connectivity index (χ3n) is 3.19. The topological polar surface area (TPSA) is 110 Å². The molecule has 1 aromatic rings. The first-order valence-electron chi connectivity index (χ1n) is 5.92. The van der Waals surface area contributed by atoms with E-state index >= 15 is 0 Å². The summed E-state index contributed by atoms with van der Waals surface area (Å²) in [6.45, 7) is 0.0626. The normalized spacial score (nSPS) is 22.3. The van der Waals surface area contributed by atoms with Gasteiger partial charge in [0.1, 0.15) is 0 Å². The van der Waals surface area contributed by atoms with Crippen molar-refractivity contribution in [2.45, 2.75) is 23.8 Å². The van der Waals surface area contributed by atoms with Gasteiger partial charge >= 0.3 is 5.69 Å². The largest absolute Gasteiger partial charge is 0.393 e. The van der Waals surface area contributed by atoms with Crippen LogP contribution in [-0.2, 0) is 10.0 Å². The van der Waals surface area contributed by atoms with E-state index in [1.807, 2.05) is 0 Å². The second-order valence-electron chi connectivity index (χ2n) is 4.69. The van der Waals surface area contributed by atoms with Crippen molar-refractivity contribution in [1.82, 2.24) is 4.72 Å². The van der Waals surface area contributed by atoms with Crippen LogP contribution in [0.4, 0.5) is 10.1 Å². The zero-order chi connectivity index (χ0) is 14.9. The predicted molar refractivity (Wildman–Crippen MR) is 67.0 cm³/mol. The van der Waals surface area contributed by atoms with Gasteiger partial charge in [0.15, 0.2) is 4.90 Å². The van der Waals surface area contributed by atoms with Crippen molar-refractivity contribution in [3.63, 3.8) is 0 Å². The number of aliphatic hydroxyl groups is 1. The Morgan fingerprint density at radius 2 is 2.10 bits per heavy atom. The van der Waals surface area contributed by atoms with Crippen LogP contribution in [0.15, 0.2) is 23.1 Å². The lowest BCUT2D eigenvalue weighted by atomic mass is 9.83. The van der Waals surface area contributed by atoms with Crippen LogP contribution in [0.3, 0.4) is 0 Å². The molecular weight excluding hydrogens is 291 g/mol. The SMILES string of the molecule is O=[N+]([O-])c1c(F)cccc1S(=O)(=O)NCC1CC(O)C1. The first-order chi connectivity index (χ1) is 9.31. The molecule has 0 radical (unpaired) electrons. The number of hydrogen-bond donors (Lipinski definition) is 2. The van der Waals surface area contributed by atoms with Crippen molar-refractivity contribution in [3.05, 3.63) is 34.1 Å². The molecule has 9 heteroatoms. The van der Waals surface area contributed by atoms with Gasteiger partial charge in [-0.15, -0.1) is 0 Å². The van der Waals surface area contributed by atoms with E-state index in [1.54, 1.807) is 0 Å². The maximum Gasteiger partial charge on any atom is 0.324 e. The fourth-order valence-corrected chi connectivity index (χ4v) is 3.36. The lowest BCUT2D eigenvalue weighted by Gasteiger charge is -2.31. The van der Waals surface area contributed by atoms with Crippen LogP contribution >= 0.6 is 0 Å². The highest BCUT2D eigenvalue weighted by Gasteiger charge is 2.32. The number of aliphatic hydroxyl groups excluding tert-OH is 1. The van der Waals surface area contributed by atoms with Crippen LogP contribution < -0.4 is 4.72 Å². The molecule has 0 bridgehead atoms. The van der Waals surface area contributed by atoms with E-state index in [1.165, 1.54) is 0 Å². The third kappa shape index (κ3) is 2.94. The molecule has 0 aromatic heterocycles. The number of nitro benzene ring substituents is 1. The Hall–Kier alpha value is -1.58. The molecule has 1 aliphatic carbocycles.